The van der Waals surface area contributed by atoms with Gasteiger partial charge in [-0.05, 0) is 30.0 Å². The number of methoxy groups -OCH3 is 1. The Bertz CT molecular complexity index is 630. The van der Waals surface area contributed by atoms with Gasteiger partial charge in [-0.1, -0.05) is 19.4 Å². The van der Waals surface area contributed by atoms with E-state index in [1.54, 1.807) is 12.1 Å². The Morgan fingerprint density at radius 1 is 1.25 bits per heavy atom. The lowest BCUT2D eigenvalue weighted by Gasteiger charge is -2.02. The van der Waals surface area contributed by atoms with E-state index in [0.717, 1.165) is 29.4 Å². The predicted octanol–water partition coefficient (Wildman–Crippen LogP) is 2.45. The second kappa shape index (κ2) is 6.34. The first-order valence-corrected chi connectivity index (χ1v) is 6.49. The van der Waals surface area contributed by atoms with Crippen molar-refractivity contribution in [3.63, 3.8) is 0 Å². The number of benzene rings is 1. The molecule has 0 aliphatic rings. The normalized spacial score (nSPS) is 10.7. The van der Waals surface area contributed by atoms with Gasteiger partial charge < -0.3 is 14.5 Å². The standard InChI is InChI=1S/C15H17NO4/c1-3-4-12-7-10-5-6-11(8-13(10)16-12)15(18)20-14(17)9-19-2/h5-8,16H,3-4,9H2,1-2H3. The highest BCUT2D eigenvalue weighted by molar-refractivity contribution is 5.99. The molecular weight excluding hydrogens is 258 g/mol. The van der Waals surface area contributed by atoms with Crippen LogP contribution in [0.3, 0.4) is 0 Å². The Morgan fingerprint density at radius 2 is 2.05 bits per heavy atom. The number of fused-ring (bicyclic) bond motifs is 1. The molecule has 0 fully saturated rings. The molecule has 0 aliphatic carbocycles. The van der Waals surface area contributed by atoms with Crippen LogP contribution >= 0.6 is 0 Å². The molecule has 0 amide bonds. The summed E-state index contributed by atoms with van der Waals surface area (Å²) in [4.78, 5) is 26.3. The van der Waals surface area contributed by atoms with Crippen molar-refractivity contribution in [2.75, 3.05) is 13.7 Å². The summed E-state index contributed by atoms with van der Waals surface area (Å²) < 4.78 is 9.27. The van der Waals surface area contributed by atoms with Crippen LogP contribution in [-0.4, -0.2) is 30.6 Å². The minimum Gasteiger partial charge on any atom is -0.388 e. The highest BCUT2D eigenvalue weighted by Crippen LogP contribution is 2.18. The number of hydrogen-bond donors (Lipinski definition) is 1. The summed E-state index contributed by atoms with van der Waals surface area (Å²) in [6.07, 6.45) is 2.01. The van der Waals surface area contributed by atoms with Crippen molar-refractivity contribution >= 4 is 22.8 Å². The van der Waals surface area contributed by atoms with Crippen LogP contribution in [0.4, 0.5) is 0 Å². The van der Waals surface area contributed by atoms with Gasteiger partial charge in [-0.2, -0.15) is 0 Å². The molecule has 0 spiro atoms. The van der Waals surface area contributed by atoms with Gasteiger partial charge in [0.15, 0.2) is 0 Å². The van der Waals surface area contributed by atoms with Gasteiger partial charge >= 0.3 is 11.9 Å². The topological polar surface area (TPSA) is 68.4 Å². The summed E-state index contributed by atoms with van der Waals surface area (Å²) in [7, 11) is 1.37. The maximum absolute atomic E-state index is 11.8. The van der Waals surface area contributed by atoms with Gasteiger partial charge in [-0.3, -0.25) is 0 Å². The number of rotatable bonds is 5. The second-order valence-electron chi connectivity index (χ2n) is 4.54. The number of H-pyrrole nitrogens is 1. The number of carbonyl (C=O) groups is 2. The number of aryl methyl sites for hydroxylation is 1. The number of carbonyl (C=O) groups excluding carboxylic acids is 2. The smallest absolute Gasteiger partial charge is 0.345 e. The van der Waals surface area contributed by atoms with E-state index in [1.807, 2.05) is 6.07 Å². The van der Waals surface area contributed by atoms with Crippen molar-refractivity contribution in [2.45, 2.75) is 19.8 Å². The van der Waals surface area contributed by atoms with Crippen LogP contribution in [0.2, 0.25) is 0 Å². The van der Waals surface area contributed by atoms with Gasteiger partial charge in [0.05, 0.1) is 5.56 Å². The molecule has 0 bridgehead atoms. The third-order valence-corrected chi connectivity index (χ3v) is 2.90. The lowest BCUT2D eigenvalue weighted by molar-refractivity contribution is -0.142. The molecule has 0 saturated heterocycles. The van der Waals surface area contributed by atoms with Crippen LogP contribution < -0.4 is 0 Å². The number of aromatic nitrogens is 1. The number of esters is 2. The molecule has 0 unspecified atom stereocenters. The molecule has 20 heavy (non-hydrogen) atoms. The zero-order chi connectivity index (χ0) is 14.5. The fourth-order valence-corrected chi connectivity index (χ4v) is 2.03. The molecule has 1 aromatic heterocycles. The summed E-state index contributed by atoms with van der Waals surface area (Å²) in [5.41, 5.74) is 2.33. The number of nitrogens with one attached hydrogen (secondary N) is 1. The Labute approximate surface area is 116 Å². The zero-order valence-corrected chi connectivity index (χ0v) is 11.6. The minimum absolute atomic E-state index is 0.239. The van der Waals surface area contributed by atoms with Crippen LogP contribution in [0.15, 0.2) is 24.3 Å². The molecule has 106 valence electrons. The van der Waals surface area contributed by atoms with E-state index in [9.17, 15) is 9.59 Å². The third kappa shape index (κ3) is 3.24. The van der Waals surface area contributed by atoms with E-state index in [4.69, 9.17) is 0 Å². The van der Waals surface area contributed by atoms with Gasteiger partial charge in [-0.25, -0.2) is 9.59 Å². The average molecular weight is 275 g/mol. The second-order valence-corrected chi connectivity index (χ2v) is 4.54. The molecule has 0 radical (unpaired) electrons. The highest BCUT2D eigenvalue weighted by atomic mass is 16.6. The van der Waals surface area contributed by atoms with Crippen LogP contribution in [0.5, 0.6) is 0 Å². The molecule has 5 nitrogen and oxygen atoms in total. The number of hydrogen-bond acceptors (Lipinski definition) is 4. The molecule has 1 aromatic carbocycles. The van der Waals surface area contributed by atoms with E-state index in [-0.39, 0.29) is 6.61 Å². The molecule has 1 N–H and O–H groups in total. The van der Waals surface area contributed by atoms with E-state index >= 15 is 0 Å². The van der Waals surface area contributed by atoms with E-state index in [2.05, 4.69) is 27.4 Å². The molecule has 2 rings (SSSR count). The minimum atomic E-state index is -0.698. The summed E-state index contributed by atoms with van der Waals surface area (Å²) in [6.45, 7) is 1.87. The molecule has 1 heterocycles. The van der Waals surface area contributed by atoms with Crippen molar-refractivity contribution in [1.82, 2.24) is 4.98 Å². The van der Waals surface area contributed by atoms with E-state index < -0.39 is 11.9 Å². The van der Waals surface area contributed by atoms with Gasteiger partial charge in [0.25, 0.3) is 0 Å². The van der Waals surface area contributed by atoms with Crippen LogP contribution in [0.1, 0.15) is 29.4 Å². The fourth-order valence-electron chi connectivity index (χ4n) is 2.03. The largest absolute Gasteiger partial charge is 0.388 e. The van der Waals surface area contributed by atoms with E-state index in [1.165, 1.54) is 7.11 Å². The van der Waals surface area contributed by atoms with Gasteiger partial charge in [0, 0.05) is 18.3 Å². The molecule has 0 aliphatic heterocycles. The summed E-state index contributed by atoms with van der Waals surface area (Å²) >= 11 is 0. The highest BCUT2D eigenvalue weighted by Gasteiger charge is 2.13. The first kappa shape index (κ1) is 14.3. The predicted molar refractivity (Wildman–Crippen MR) is 74.6 cm³/mol. The first-order chi connectivity index (χ1) is 9.63. The summed E-state index contributed by atoms with van der Waals surface area (Å²) in [5.74, 6) is -1.36. The maximum atomic E-state index is 11.8. The maximum Gasteiger partial charge on any atom is 0.345 e. The van der Waals surface area contributed by atoms with Crippen LogP contribution in [0, 0.1) is 0 Å². The molecule has 2 aromatic rings. The fraction of sp³-hybridized carbons (Fsp3) is 0.333. The number of aromatic amines is 1. The molecule has 0 saturated carbocycles. The summed E-state index contributed by atoms with van der Waals surface area (Å²) in [5, 5.41) is 1.04. The van der Waals surface area contributed by atoms with Gasteiger partial charge in [0.1, 0.15) is 6.61 Å². The molecule has 5 heteroatoms. The summed E-state index contributed by atoms with van der Waals surface area (Å²) in [6, 6.07) is 7.23. The van der Waals surface area contributed by atoms with Crippen molar-refractivity contribution in [3.05, 3.63) is 35.5 Å². The van der Waals surface area contributed by atoms with Crippen molar-refractivity contribution in [2.24, 2.45) is 0 Å². The van der Waals surface area contributed by atoms with Crippen molar-refractivity contribution in [3.8, 4) is 0 Å². The van der Waals surface area contributed by atoms with E-state index in [0.29, 0.717) is 5.56 Å². The first-order valence-electron chi connectivity index (χ1n) is 6.49. The monoisotopic (exact) mass is 275 g/mol. The number of ether oxygens (including phenoxy) is 2. The zero-order valence-electron chi connectivity index (χ0n) is 11.6. The third-order valence-electron chi connectivity index (χ3n) is 2.90. The van der Waals surface area contributed by atoms with Crippen molar-refractivity contribution in [1.29, 1.82) is 0 Å². The lowest BCUT2D eigenvalue weighted by Crippen LogP contribution is -2.16. The Hall–Kier alpha value is -2.14. The van der Waals surface area contributed by atoms with Gasteiger partial charge in [-0.15, -0.1) is 0 Å². The van der Waals surface area contributed by atoms with Crippen molar-refractivity contribution < 1.29 is 19.1 Å². The van der Waals surface area contributed by atoms with Crippen LogP contribution in [0.25, 0.3) is 10.9 Å². The molecule has 0 atom stereocenters. The van der Waals surface area contributed by atoms with Crippen LogP contribution in [-0.2, 0) is 20.7 Å². The Morgan fingerprint density at radius 3 is 2.75 bits per heavy atom. The Kier molecular flexibility index (Phi) is 4.53. The van der Waals surface area contributed by atoms with Gasteiger partial charge in [0.2, 0.25) is 0 Å². The SMILES string of the molecule is CCCc1cc2ccc(C(=O)OC(=O)COC)cc2[nH]1. The lowest BCUT2D eigenvalue weighted by atomic mass is 10.1. The average Bonchev–Trinajstić information content (AvgIpc) is 2.80. The molecular formula is C15H17NO4. The Balaban J connectivity index is 2.18. The quantitative estimate of drug-likeness (QED) is 0.672.